The highest BCUT2D eigenvalue weighted by Gasteiger charge is 2.37. The first kappa shape index (κ1) is 27.1. The Kier molecular flexibility index (Phi) is 12.3. The molecule has 1 saturated heterocycles. The fourth-order valence-electron chi connectivity index (χ4n) is 3.88. The van der Waals surface area contributed by atoms with Crippen molar-refractivity contribution in [2.75, 3.05) is 44.2 Å². The van der Waals surface area contributed by atoms with E-state index in [9.17, 15) is 4.79 Å². The molecule has 0 aromatic carbocycles. The zero-order valence-corrected chi connectivity index (χ0v) is 18.8. The van der Waals surface area contributed by atoms with Crippen molar-refractivity contribution in [2.45, 2.75) is 38.1 Å². The van der Waals surface area contributed by atoms with Gasteiger partial charge in [0.05, 0.1) is 5.92 Å². The lowest BCUT2D eigenvalue weighted by atomic mass is 9.74. The highest BCUT2D eigenvalue weighted by molar-refractivity contribution is 5.86. The van der Waals surface area contributed by atoms with Crippen molar-refractivity contribution in [3.63, 3.8) is 0 Å². The molecule has 1 aromatic heterocycles. The van der Waals surface area contributed by atoms with Crippen LogP contribution in [-0.2, 0) is 4.79 Å². The smallest absolute Gasteiger partial charge is 0.225 e. The molecule has 0 spiro atoms. The number of aromatic nitrogens is 2. The molecule has 1 saturated carbocycles. The molecule has 1 amide bonds. The second-order valence-corrected chi connectivity index (χ2v) is 7.47. The van der Waals surface area contributed by atoms with E-state index in [1.807, 2.05) is 13.0 Å². The Bertz CT molecular complexity index is 570. The van der Waals surface area contributed by atoms with Crippen LogP contribution in [0, 0.1) is 5.92 Å². The van der Waals surface area contributed by atoms with Gasteiger partial charge in [-0.2, -0.15) is 0 Å². The monoisotopic (exact) mass is 454 g/mol. The van der Waals surface area contributed by atoms with Gasteiger partial charge in [0.25, 0.3) is 0 Å². The van der Waals surface area contributed by atoms with Crippen LogP contribution < -0.4 is 16.0 Å². The Morgan fingerprint density at radius 1 is 1.18 bits per heavy atom. The number of nitrogens with one attached hydrogen (secondary N) is 1. The zero-order valence-electron chi connectivity index (χ0n) is 16.4. The Morgan fingerprint density at radius 3 is 2.43 bits per heavy atom. The highest BCUT2D eigenvalue weighted by Crippen LogP contribution is 2.31. The first-order valence-electron chi connectivity index (χ1n) is 9.37. The second-order valence-electron chi connectivity index (χ2n) is 7.47. The van der Waals surface area contributed by atoms with Crippen molar-refractivity contribution >= 4 is 49.1 Å². The lowest BCUT2D eigenvalue weighted by Crippen LogP contribution is -2.54. The molecular formula is C18H33Cl3N6O. The molecule has 1 aliphatic carbocycles. The summed E-state index contributed by atoms with van der Waals surface area (Å²) in [6.45, 7) is 7.35. The number of rotatable bonds is 5. The van der Waals surface area contributed by atoms with E-state index in [0.717, 1.165) is 64.4 Å². The van der Waals surface area contributed by atoms with Gasteiger partial charge in [-0.3, -0.25) is 9.69 Å². The fourth-order valence-corrected chi connectivity index (χ4v) is 3.88. The van der Waals surface area contributed by atoms with Crippen LogP contribution in [0.2, 0.25) is 0 Å². The minimum atomic E-state index is -0.357. The third-order valence-electron chi connectivity index (χ3n) is 5.51. The van der Waals surface area contributed by atoms with Crippen LogP contribution in [0.1, 0.15) is 32.6 Å². The maximum atomic E-state index is 12.5. The molecular weight excluding hydrogens is 423 g/mol. The highest BCUT2D eigenvalue weighted by atomic mass is 35.5. The molecule has 0 radical (unpaired) electrons. The summed E-state index contributed by atoms with van der Waals surface area (Å²) in [5, 5.41) is 3.10. The molecule has 2 unspecified atom stereocenters. The number of hydrogen-bond donors (Lipinski definition) is 2. The average molecular weight is 456 g/mol. The van der Waals surface area contributed by atoms with Gasteiger partial charge in [-0.15, -0.1) is 37.2 Å². The van der Waals surface area contributed by atoms with E-state index in [0.29, 0.717) is 6.54 Å². The molecule has 28 heavy (non-hydrogen) atoms. The molecule has 2 atom stereocenters. The number of hydrogen-bond acceptors (Lipinski definition) is 6. The molecule has 3 N–H and O–H groups in total. The van der Waals surface area contributed by atoms with E-state index < -0.39 is 0 Å². The van der Waals surface area contributed by atoms with Crippen LogP contribution in [0.15, 0.2) is 18.5 Å². The fraction of sp³-hybridized carbons (Fsp3) is 0.722. The summed E-state index contributed by atoms with van der Waals surface area (Å²) < 4.78 is 0. The van der Waals surface area contributed by atoms with Gasteiger partial charge in [0.15, 0.2) is 0 Å². The average Bonchev–Trinajstić information content (AvgIpc) is 2.62. The third kappa shape index (κ3) is 7.19. The zero-order chi connectivity index (χ0) is 17.7. The molecule has 2 aliphatic rings. The van der Waals surface area contributed by atoms with Gasteiger partial charge in [-0.1, -0.05) is 12.8 Å². The van der Waals surface area contributed by atoms with E-state index in [4.69, 9.17) is 5.73 Å². The van der Waals surface area contributed by atoms with Crippen LogP contribution in [0.5, 0.6) is 0 Å². The van der Waals surface area contributed by atoms with Crippen LogP contribution >= 0.6 is 37.2 Å². The van der Waals surface area contributed by atoms with Gasteiger partial charge in [0, 0.05) is 57.2 Å². The van der Waals surface area contributed by atoms with E-state index in [1.54, 1.807) is 12.4 Å². The minimum Gasteiger partial charge on any atom is -0.355 e. The van der Waals surface area contributed by atoms with Gasteiger partial charge in [-0.05, 0) is 25.8 Å². The maximum absolute atomic E-state index is 12.5. The number of carbonyl (C=O) groups excluding carboxylic acids is 1. The van der Waals surface area contributed by atoms with Crippen LogP contribution in [0.25, 0.3) is 0 Å². The first-order valence-corrected chi connectivity index (χ1v) is 9.37. The molecule has 2 fully saturated rings. The summed E-state index contributed by atoms with van der Waals surface area (Å²) >= 11 is 0. The summed E-state index contributed by atoms with van der Waals surface area (Å²) in [6.07, 6.45) is 7.64. The SMILES string of the molecule is CC1(N)CCCCC1C(=O)NCCN1CCN(c2ncccn2)CC1.Cl.Cl.Cl. The third-order valence-corrected chi connectivity index (χ3v) is 5.51. The van der Waals surface area contributed by atoms with E-state index in [2.05, 4.69) is 25.1 Å². The molecule has 2 heterocycles. The molecule has 7 nitrogen and oxygen atoms in total. The summed E-state index contributed by atoms with van der Waals surface area (Å²) in [4.78, 5) is 25.7. The van der Waals surface area contributed by atoms with Gasteiger partial charge < -0.3 is 16.0 Å². The quantitative estimate of drug-likeness (QED) is 0.705. The van der Waals surface area contributed by atoms with Crippen molar-refractivity contribution in [3.05, 3.63) is 18.5 Å². The summed E-state index contributed by atoms with van der Waals surface area (Å²) in [7, 11) is 0. The molecule has 1 aliphatic heterocycles. The van der Waals surface area contributed by atoms with E-state index in [1.165, 1.54) is 0 Å². The molecule has 3 rings (SSSR count). The lowest BCUT2D eigenvalue weighted by Gasteiger charge is -2.37. The van der Waals surface area contributed by atoms with Crippen molar-refractivity contribution < 1.29 is 4.79 Å². The predicted octanol–water partition coefficient (Wildman–Crippen LogP) is 1.89. The maximum Gasteiger partial charge on any atom is 0.225 e. The number of nitrogens with zero attached hydrogens (tertiary/aromatic N) is 4. The molecule has 10 heteroatoms. The van der Waals surface area contributed by atoms with Crippen molar-refractivity contribution in [1.82, 2.24) is 20.2 Å². The largest absolute Gasteiger partial charge is 0.355 e. The van der Waals surface area contributed by atoms with Crippen LogP contribution in [0.3, 0.4) is 0 Å². The van der Waals surface area contributed by atoms with Crippen LogP contribution in [-0.4, -0.2) is 65.6 Å². The predicted molar refractivity (Wildman–Crippen MR) is 120 cm³/mol. The number of amides is 1. The number of piperazine rings is 1. The van der Waals surface area contributed by atoms with Crippen molar-refractivity contribution in [2.24, 2.45) is 11.7 Å². The van der Waals surface area contributed by atoms with E-state index >= 15 is 0 Å². The molecule has 1 aromatic rings. The Morgan fingerprint density at radius 2 is 1.82 bits per heavy atom. The normalized spacial score (nSPS) is 24.9. The summed E-state index contributed by atoms with van der Waals surface area (Å²) in [5.41, 5.74) is 5.96. The standard InChI is InChI=1S/C18H30N6O.3ClH/c1-18(19)6-3-2-5-15(18)16(25)20-9-10-23-11-13-24(14-12-23)17-21-7-4-8-22-17;;;/h4,7-8,15H,2-3,5-6,9-14,19H2,1H3,(H,20,25);3*1H. The van der Waals surface area contributed by atoms with Crippen molar-refractivity contribution in [3.8, 4) is 0 Å². The number of anilines is 1. The van der Waals surface area contributed by atoms with Gasteiger partial charge in [0.1, 0.15) is 0 Å². The molecule has 162 valence electrons. The topological polar surface area (TPSA) is 87.4 Å². The molecule has 0 bridgehead atoms. The second kappa shape index (κ2) is 12.6. The van der Waals surface area contributed by atoms with Gasteiger partial charge in [-0.25, -0.2) is 9.97 Å². The van der Waals surface area contributed by atoms with Crippen molar-refractivity contribution in [1.29, 1.82) is 0 Å². The van der Waals surface area contributed by atoms with E-state index in [-0.39, 0.29) is 54.6 Å². The first-order chi connectivity index (χ1) is 12.1. The Hall–Kier alpha value is -0.860. The van der Waals surface area contributed by atoms with Gasteiger partial charge >= 0.3 is 0 Å². The number of carbonyl (C=O) groups is 1. The van der Waals surface area contributed by atoms with Gasteiger partial charge in [0.2, 0.25) is 11.9 Å². The summed E-state index contributed by atoms with van der Waals surface area (Å²) in [5.74, 6) is 0.879. The van der Waals surface area contributed by atoms with Crippen LogP contribution in [0.4, 0.5) is 5.95 Å². The Balaban J connectivity index is 0.00000243. The number of nitrogens with two attached hydrogens (primary N) is 1. The minimum absolute atomic E-state index is 0. The summed E-state index contributed by atoms with van der Waals surface area (Å²) in [6, 6.07) is 1.83. The number of halogens is 3. The Labute approximate surface area is 186 Å². The lowest BCUT2D eigenvalue weighted by molar-refractivity contribution is -0.128.